The van der Waals surface area contributed by atoms with Gasteiger partial charge in [0.05, 0.1) is 10.4 Å². The largest absolute Gasteiger partial charge is 0.346 e. The van der Waals surface area contributed by atoms with Crippen LogP contribution < -0.4 is 10.2 Å². The van der Waals surface area contributed by atoms with Crippen molar-refractivity contribution in [3.8, 4) is 0 Å². The van der Waals surface area contributed by atoms with Crippen molar-refractivity contribution in [1.29, 1.82) is 0 Å². The highest BCUT2D eigenvalue weighted by molar-refractivity contribution is 7.17. The first-order valence-electron chi connectivity index (χ1n) is 8.24. The van der Waals surface area contributed by atoms with Crippen LogP contribution in [0.15, 0.2) is 17.6 Å². The minimum absolute atomic E-state index is 0.124. The maximum atomic E-state index is 12.6. The van der Waals surface area contributed by atoms with Gasteiger partial charge in [-0.3, -0.25) is 9.59 Å². The molecule has 7 heteroatoms. The van der Waals surface area contributed by atoms with Gasteiger partial charge in [0.15, 0.2) is 0 Å². The summed E-state index contributed by atoms with van der Waals surface area (Å²) in [6.07, 6.45) is 4.81. The number of nitrogens with one attached hydrogen (secondary N) is 1. The van der Waals surface area contributed by atoms with Gasteiger partial charge in [0.25, 0.3) is 5.91 Å². The van der Waals surface area contributed by atoms with E-state index < -0.39 is 0 Å². The van der Waals surface area contributed by atoms with Crippen LogP contribution in [0.1, 0.15) is 23.3 Å². The van der Waals surface area contributed by atoms with E-state index in [1.807, 2.05) is 5.38 Å². The van der Waals surface area contributed by atoms with Gasteiger partial charge in [0.2, 0.25) is 6.41 Å². The molecule has 1 N–H and O–H groups in total. The zero-order chi connectivity index (χ0) is 16.7. The van der Waals surface area contributed by atoms with Crippen LogP contribution in [0.4, 0.5) is 5.69 Å². The van der Waals surface area contributed by atoms with Crippen LogP contribution in [0, 0.1) is 5.92 Å². The van der Waals surface area contributed by atoms with Crippen LogP contribution in [0.25, 0.3) is 10.1 Å². The maximum absolute atomic E-state index is 12.6. The number of amides is 2. The molecule has 3 fully saturated rings. The van der Waals surface area contributed by atoms with Crippen molar-refractivity contribution in [2.24, 2.45) is 5.92 Å². The lowest BCUT2D eigenvalue weighted by atomic mass is 9.84. The molecule has 2 aromatic rings. The van der Waals surface area contributed by atoms with Gasteiger partial charge in [-0.15, -0.1) is 11.3 Å². The van der Waals surface area contributed by atoms with Crippen molar-refractivity contribution in [2.75, 3.05) is 31.6 Å². The number of nitrogens with zero attached hydrogens (tertiary/aromatic N) is 3. The minimum atomic E-state index is -0.124. The van der Waals surface area contributed by atoms with Gasteiger partial charge in [-0.05, 0) is 37.9 Å². The van der Waals surface area contributed by atoms with Gasteiger partial charge in [-0.1, -0.05) is 0 Å². The van der Waals surface area contributed by atoms with Crippen LogP contribution >= 0.6 is 11.3 Å². The second-order valence-electron chi connectivity index (χ2n) is 6.62. The summed E-state index contributed by atoms with van der Waals surface area (Å²) in [4.78, 5) is 31.9. The number of rotatable bonds is 4. The topological polar surface area (TPSA) is 65.5 Å². The lowest BCUT2D eigenvalue weighted by molar-refractivity contribution is -0.107. The Morgan fingerprint density at radius 3 is 2.92 bits per heavy atom. The van der Waals surface area contributed by atoms with E-state index in [0.717, 1.165) is 54.7 Å². The van der Waals surface area contributed by atoms with E-state index in [0.29, 0.717) is 11.6 Å². The molecule has 24 heavy (non-hydrogen) atoms. The van der Waals surface area contributed by atoms with Crippen LogP contribution in [0.2, 0.25) is 0 Å². The number of hydrogen-bond acceptors (Lipinski definition) is 5. The smallest absolute Gasteiger partial charge is 0.270 e. The highest BCUT2D eigenvalue weighted by Crippen LogP contribution is 2.32. The quantitative estimate of drug-likeness (QED) is 0.858. The molecule has 3 aliphatic heterocycles. The van der Waals surface area contributed by atoms with Crippen LogP contribution in [0.5, 0.6) is 0 Å². The second-order valence-corrected chi connectivity index (χ2v) is 7.53. The molecule has 2 bridgehead atoms. The van der Waals surface area contributed by atoms with Crippen molar-refractivity contribution < 1.29 is 9.59 Å². The number of piperidine rings is 3. The summed E-state index contributed by atoms with van der Waals surface area (Å²) < 4.78 is 0.970. The first-order valence-corrected chi connectivity index (χ1v) is 9.12. The Morgan fingerprint density at radius 1 is 1.46 bits per heavy atom. The average Bonchev–Trinajstić information content (AvgIpc) is 3.05. The van der Waals surface area contributed by atoms with Gasteiger partial charge in [-0.25, -0.2) is 4.98 Å². The summed E-state index contributed by atoms with van der Waals surface area (Å²) in [7, 11) is 1.71. The molecule has 0 radical (unpaired) electrons. The Morgan fingerprint density at radius 2 is 2.25 bits per heavy atom. The monoisotopic (exact) mass is 344 g/mol. The van der Waals surface area contributed by atoms with Crippen LogP contribution in [-0.4, -0.2) is 54.9 Å². The Balaban J connectivity index is 1.57. The lowest BCUT2D eigenvalue weighted by Gasteiger charge is -2.44. The molecule has 3 saturated heterocycles. The third-order valence-corrected chi connectivity index (χ3v) is 6.10. The Bertz CT molecular complexity index is 782. The molecular formula is C17H20N4O2S. The lowest BCUT2D eigenvalue weighted by Crippen LogP contribution is -2.57. The van der Waals surface area contributed by atoms with E-state index in [4.69, 9.17) is 0 Å². The van der Waals surface area contributed by atoms with Gasteiger partial charge >= 0.3 is 0 Å². The van der Waals surface area contributed by atoms with Gasteiger partial charge in [0.1, 0.15) is 5.69 Å². The third-order valence-electron chi connectivity index (χ3n) is 5.18. The minimum Gasteiger partial charge on any atom is -0.346 e. The molecular weight excluding hydrogens is 324 g/mol. The maximum Gasteiger partial charge on any atom is 0.270 e. The molecule has 5 heterocycles. The Labute approximate surface area is 144 Å². The molecule has 126 valence electrons. The van der Waals surface area contributed by atoms with Crippen molar-refractivity contribution in [2.45, 2.75) is 18.9 Å². The van der Waals surface area contributed by atoms with E-state index >= 15 is 0 Å². The van der Waals surface area contributed by atoms with E-state index in [-0.39, 0.29) is 11.9 Å². The number of carbonyl (C=O) groups excluding carboxylic acids is 2. The molecule has 0 spiro atoms. The third kappa shape index (κ3) is 2.67. The molecule has 3 aliphatic rings. The van der Waals surface area contributed by atoms with Crippen molar-refractivity contribution in [1.82, 2.24) is 15.2 Å². The van der Waals surface area contributed by atoms with Gasteiger partial charge in [-0.2, -0.15) is 0 Å². The molecule has 6 nitrogen and oxygen atoms in total. The normalized spacial score (nSPS) is 25.6. The molecule has 2 aromatic heterocycles. The van der Waals surface area contributed by atoms with Crippen LogP contribution in [-0.2, 0) is 4.79 Å². The van der Waals surface area contributed by atoms with E-state index in [1.165, 1.54) is 16.2 Å². The standard InChI is InChI=1S/C17H20N4O2S/c1-20(10-22)15-9-24-16-7-18-13(6-12(15)16)17(23)19-14-8-21-4-2-11(14)3-5-21/h6-7,9-11,14H,2-5,8H2,1H3,(H,19,23)/t14-/m0/s1. The summed E-state index contributed by atoms with van der Waals surface area (Å²) in [5.41, 5.74) is 1.22. The molecule has 0 aliphatic carbocycles. The van der Waals surface area contributed by atoms with Gasteiger partial charge < -0.3 is 15.1 Å². The predicted octanol–water partition coefficient (Wildman–Crippen LogP) is 1.71. The summed E-state index contributed by atoms with van der Waals surface area (Å²) in [5.74, 6) is 0.460. The Hall–Kier alpha value is -1.99. The molecule has 0 saturated carbocycles. The van der Waals surface area contributed by atoms with Crippen molar-refractivity contribution >= 4 is 39.4 Å². The zero-order valence-electron chi connectivity index (χ0n) is 13.6. The number of carbonyl (C=O) groups is 2. The van der Waals surface area contributed by atoms with Crippen molar-refractivity contribution in [3.05, 3.63) is 23.3 Å². The predicted molar refractivity (Wildman–Crippen MR) is 94.5 cm³/mol. The number of thiophene rings is 1. The fourth-order valence-electron chi connectivity index (χ4n) is 3.74. The number of aromatic nitrogens is 1. The summed E-state index contributed by atoms with van der Waals surface area (Å²) in [6.45, 7) is 3.24. The highest BCUT2D eigenvalue weighted by Gasteiger charge is 2.35. The van der Waals surface area contributed by atoms with E-state index in [2.05, 4.69) is 15.2 Å². The first-order chi connectivity index (χ1) is 11.7. The summed E-state index contributed by atoms with van der Waals surface area (Å²) in [6, 6.07) is 2.01. The fraction of sp³-hybridized carbons (Fsp3) is 0.471. The van der Waals surface area contributed by atoms with Crippen LogP contribution in [0.3, 0.4) is 0 Å². The number of fused-ring (bicyclic) bond motifs is 4. The average molecular weight is 344 g/mol. The Kier molecular flexibility index (Phi) is 3.97. The van der Waals surface area contributed by atoms with E-state index in [9.17, 15) is 9.59 Å². The first kappa shape index (κ1) is 15.5. The second kappa shape index (κ2) is 6.14. The van der Waals surface area contributed by atoms with Gasteiger partial charge in [0, 0.05) is 36.6 Å². The number of pyridine rings is 1. The van der Waals surface area contributed by atoms with E-state index in [1.54, 1.807) is 19.3 Å². The molecule has 2 amide bonds. The zero-order valence-corrected chi connectivity index (χ0v) is 14.4. The molecule has 1 atom stereocenters. The highest BCUT2D eigenvalue weighted by atomic mass is 32.1. The SMILES string of the molecule is CN(C=O)c1csc2cnc(C(=O)N[C@H]3CN4CCC3CC4)cc12. The summed E-state index contributed by atoms with van der Waals surface area (Å²) >= 11 is 1.52. The molecule has 0 unspecified atom stereocenters. The number of hydrogen-bond donors (Lipinski definition) is 1. The van der Waals surface area contributed by atoms with Crippen molar-refractivity contribution in [3.63, 3.8) is 0 Å². The summed E-state index contributed by atoms with van der Waals surface area (Å²) in [5, 5.41) is 5.97. The molecule has 0 aromatic carbocycles. The molecule has 5 rings (SSSR count). The number of anilines is 1. The fourth-order valence-corrected chi connectivity index (χ4v) is 4.68.